The Bertz CT molecular complexity index is 575. The fraction of sp³-hybridized carbons (Fsp3) is 0.200. The van der Waals surface area contributed by atoms with Crippen LogP contribution in [0.1, 0.15) is 11.7 Å². The molecule has 0 saturated heterocycles. The van der Waals surface area contributed by atoms with Gasteiger partial charge in [0.1, 0.15) is 11.6 Å². The van der Waals surface area contributed by atoms with Crippen LogP contribution in [0.25, 0.3) is 0 Å². The van der Waals surface area contributed by atoms with Gasteiger partial charge in [0, 0.05) is 11.0 Å². The van der Waals surface area contributed by atoms with E-state index in [-0.39, 0.29) is 12.4 Å². The van der Waals surface area contributed by atoms with Gasteiger partial charge in [-0.3, -0.25) is 0 Å². The van der Waals surface area contributed by atoms with E-state index in [0.29, 0.717) is 10.2 Å². The first-order valence-corrected chi connectivity index (χ1v) is 6.90. The monoisotopic (exact) mass is 339 g/mol. The molecule has 0 aliphatic heterocycles. The second-order valence-corrected chi connectivity index (χ2v) is 5.21. The number of aliphatic hydroxyl groups excluding tert-OH is 1. The van der Waals surface area contributed by atoms with Gasteiger partial charge in [0.2, 0.25) is 0 Å². The fourth-order valence-corrected chi connectivity index (χ4v) is 2.12. The molecule has 2 aromatic rings. The first-order chi connectivity index (χ1) is 9.60. The molecule has 0 saturated carbocycles. The van der Waals surface area contributed by atoms with Gasteiger partial charge in [0.15, 0.2) is 0 Å². The predicted molar refractivity (Wildman–Crippen MR) is 80.5 cm³/mol. The van der Waals surface area contributed by atoms with Crippen LogP contribution in [0.15, 0.2) is 46.9 Å². The maximum atomic E-state index is 13.6. The average Bonchev–Trinajstić information content (AvgIpc) is 2.46. The van der Waals surface area contributed by atoms with Crippen molar-refractivity contribution in [1.82, 2.24) is 0 Å². The Morgan fingerprint density at radius 2 is 1.95 bits per heavy atom. The van der Waals surface area contributed by atoms with Gasteiger partial charge in [-0.25, -0.2) is 4.39 Å². The average molecular weight is 340 g/mol. The van der Waals surface area contributed by atoms with Crippen molar-refractivity contribution in [3.8, 4) is 5.75 Å². The summed E-state index contributed by atoms with van der Waals surface area (Å²) in [7, 11) is 1.59. The predicted octanol–water partition coefficient (Wildman–Crippen LogP) is 3.74. The van der Waals surface area contributed by atoms with Crippen LogP contribution >= 0.6 is 15.9 Å². The van der Waals surface area contributed by atoms with E-state index in [2.05, 4.69) is 21.2 Å². The van der Waals surface area contributed by atoms with Crippen LogP contribution in [0.4, 0.5) is 10.1 Å². The fourth-order valence-electron chi connectivity index (χ4n) is 1.78. The molecule has 0 heterocycles. The van der Waals surface area contributed by atoms with Gasteiger partial charge >= 0.3 is 0 Å². The van der Waals surface area contributed by atoms with Gasteiger partial charge in [-0.1, -0.05) is 28.1 Å². The minimum Gasteiger partial charge on any atom is -0.497 e. The summed E-state index contributed by atoms with van der Waals surface area (Å²) in [6.07, 6.45) is -0.719. The molecule has 20 heavy (non-hydrogen) atoms. The molecule has 0 aliphatic rings. The van der Waals surface area contributed by atoms with Crippen LogP contribution in [0.3, 0.4) is 0 Å². The summed E-state index contributed by atoms with van der Waals surface area (Å²) in [6, 6.07) is 11.9. The first-order valence-electron chi connectivity index (χ1n) is 6.11. The number of hydrogen-bond donors (Lipinski definition) is 2. The molecule has 5 heteroatoms. The van der Waals surface area contributed by atoms with E-state index in [1.165, 1.54) is 6.07 Å². The molecule has 106 valence electrons. The second kappa shape index (κ2) is 6.72. The molecule has 0 aliphatic carbocycles. The molecule has 1 unspecified atom stereocenters. The molecular formula is C15H15BrFNO2. The summed E-state index contributed by atoms with van der Waals surface area (Å²) in [5.41, 5.74) is 1.11. The zero-order valence-corrected chi connectivity index (χ0v) is 12.5. The van der Waals surface area contributed by atoms with Crippen molar-refractivity contribution in [3.05, 3.63) is 58.3 Å². The molecule has 0 bridgehead atoms. The maximum Gasteiger partial charge on any atom is 0.147 e. The smallest absolute Gasteiger partial charge is 0.147 e. The largest absolute Gasteiger partial charge is 0.497 e. The van der Waals surface area contributed by atoms with Crippen molar-refractivity contribution in [2.24, 2.45) is 0 Å². The molecule has 2 rings (SSSR count). The molecule has 0 amide bonds. The third-order valence-corrected chi connectivity index (χ3v) is 3.41. The van der Waals surface area contributed by atoms with Gasteiger partial charge in [-0.15, -0.1) is 0 Å². The second-order valence-electron chi connectivity index (χ2n) is 4.29. The molecule has 1 atom stereocenters. The van der Waals surface area contributed by atoms with Crippen LogP contribution in [-0.4, -0.2) is 18.8 Å². The highest BCUT2D eigenvalue weighted by Gasteiger charge is 2.09. The van der Waals surface area contributed by atoms with E-state index in [1.807, 2.05) is 0 Å². The standard InChI is InChI=1S/C15H15BrFNO2/c1-20-12-5-2-10(3-6-12)15(19)9-18-14-7-4-11(16)8-13(14)17/h2-8,15,18-19H,9H2,1H3. The van der Waals surface area contributed by atoms with E-state index >= 15 is 0 Å². The molecule has 0 aromatic heterocycles. The number of benzene rings is 2. The third kappa shape index (κ3) is 3.71. The van der Waals surface area contributed by atoms with Crippen molar-refractivity contribution in [1.29, 1.82) is 0 Å². The van der Waals surface area contributed by atoms with Crippen molar-refractivity contribution in [2.75, 3.05) is 19.0 Å². The number of anilines is 1. The molecule has 0 fully saturated rings. The topological polar surface area (TPSA) is 41.5 Å². The number of methoxy groups -OCH3 is 1. The van der Waals surface area contributed by atoms with Crippen molar-refractivity contribution < 1.29 is 14.2 Å². The third-order valence-electron chi connectivity index (χ3n) is 2.92. The Hall–Kier alpha value is -1.59. The molecule has 2 N–H and O–H groups in total. The Morgan fingerprint density at radius 3 is 2.55 bits per heavy atom. The van der Waals surface area contributed by atoms with Crippen LogP contribution < -0.4 is 10.1 Å². The summed E-state index contributed by atoms with van der Waals surface area (Å²) >= 11 is 3.20. The summed E-state index contributed by atoms with van der Waals surface area (Å²) in [4.78, 5) is 0. The van der Waals surface area contributed by atoms with E-state index in [0.717, 1.165) is 11.3 Å². The van der Waals surface area contributed by atoms with Gasteiger partial charge in [-0.2, -0.15) is 0 Å². The Morgan fingerprint density at radius 1 is 1.25 bits per heavy atom. The molecule has 0 radical (unpaired) electrons. The van der Waals surface area contributed by atoms with Crippen LogP contribution in [0.5, 0.6) is 5.75 Å². The number of hydrogen-bond acceptors (Lipinski definition) is 3. The molecule has 0 spiro atoms. The number of halogens is 2. The SMILES string of the molecule is COc1ccc(C(O)CNc2ccc(Br)cc2F)cc1. The first kappa shape index (κ1) is 14.8. The Kier molecular flexibility index (Phi) is 4.98. The number of ether oxygens (including phenoxy) is 1. The van der Waals surface area contributed by atoms with Gasteiger partial charge < -0.3 is 15.2 Å². The Labute approximate surface area is 125 Å². The van der Waals surface area contributed by atoms with Crippen molar-refractivity contribution >= 4 is 21.6 Å². The maximum absolute atomic E-state index is 13.6. The minimum absolute atomic E-state index is 0.227. The lowest BCUT2D eigenvalue weighted by Crippen LogP contribution is -2.12. The minimum atomic E-state index is -0.719. The summed E-state index contributed by atoms with van der Waals surface area (Å²) in [5, 5.41) is 12.9. The van der Waals surface area contributed by atoms with Crippen LogP contribution in [0.2, 0.25) is 0 Å². The number of nitrogens with one attached hydrogen (secondary N) is 1. The number of aliphatic hydroxyl groups is 1. The van der Waals surface area contributed by atoms with E-state index in [4.69, 9.17) is 4.74 Å². The molecule has 3 nitrogen and oxygen atoms in total. The summed E-state index contributed by atoms with van der Waals surface area (Å²) in [5.74, 6) is 0.370. The highest BCUT2D eigenvalue weighted by Crippen LogP contribution is 2.21. The molecule has 2 aromatic carbocycles. The van der Waals surface area contributed by atoms with Crippen LogP contribution in [-0.2, 0) is 0 Å². The zero-order chi connectivity index (χ0) is 14.5. The van der Waals surface area contributed by atoms with Gasteiger partial charge in [-0.05, 0) is 35.9 Å². The lowest BCUT2D eigenvalue weighted by atomic mass is 10.1. The van der Waals surface area contributed by atoms with Gasteiger partial charge in [0.25, 0.3) is 0 Å². The Balaban J connectivity index is 1.98. The summed E-state index contributed by atoms with van der Waals surface area (Å²) in [6.45, 7) is 0.227. The zero-order valence-electron chi connectivity index (χ0n) is 10.9. The van der Waals surface area contributed by atoms with E-state index < -0.39 is 6.10 Å². The molecular weight excluding hydrogens is 325 g/mol. The van der Waals surface area contributed by atoms with Gasteiger partial charge in [0.05, 0.1) is 18.9 Å². The number of rotatable bonds is 5. The van der Waals surface area contributed by atoms with Crippen molar-refractivity contribution in [3.63, 3.8) is 0 Å². The lowest BCUT2D eigenvalue weighted by molar-refractivity contribution is 0.191. The summed E-state index contributed by atoms with van der Waals surface area (Å²) < 4.78 is 19.3. The highest BCUT2D eigenvalue weighted by atomic mass is 79.9. The van der Waals surface area contributed by atoms with Crippen molar-refractivity contribution in [2.45, 2.75) is 6.10 Å². The quantitative estimate of drug-likeness (QED) is 0.871. The normalized spacial score (nSPS) is 12.0. The van der Waals surface area contributed by atoms with E-state index in [1.54, 1.807) is 43.5 Å². The van der Waals surface area contributed by atoms with Crippen LogP contribution in [0, 0.1) is 5.82 Å². The highest BCUT2D eigenvalue weighted by molar-refractivity contribution is 9.10. The van der Waals surface area contributed by atoms with E-state index in [9.17, 15) is 9.50 Å². The lowest BCUT2D eigenvalue weighted by Gasteiger charge is -2.14.